The van der Waals surface area contributed by atoms with Crippen LogP contribution in [0.1, 0.15) is 12.0 Å². The lowest BCUT2D eigenvalue weighted by atomic mass is 10.1. The molecule has 25 heavy (non-hydrogen) atoms. The van der Waals surface area contributed by atoms with E-state index in [9.17, 15) is 13.2 Å². The van der Waals surface area contributed by atoms with Gasteiger partial charge in [0.25, 0.3) is 0 Å². The summed E-state index contributed by atoms with van der Waals surface area (Å²) in [6.45, 7) is 0. The second kappa shape index (κ2) is 7.20. The number of benzene rings is 2. The number of amides is 1. The normalized spacial score (nSPS) is 11.4. The second-order valence-electron chi connectivity index (χ2n) is 5.61. The fourth-order valence-electron chi connectivity index (χ4n) is 2.33. The molecule has 8 heteroatoms. The maximum atomic E-state index is 12.1. The molecule has 6 nitrogen and oxygen atoms in total. The highest BCUT2D eigenvalue weighted by atomic mass is 32.2. The summed E-state index contributed by atoms with van der Waals surface area (Å²) >= 11 is 1.22. The van der Waals surface area contributed by atoms with Gasteiger partial charge in [-0.15, -0.1) is 0 Å². The molecule has 0 radical (unpaired) electrons. The van der Waals surface area contributed by atoms with Crippen LogP contribution in [0.2, 0.25) is 0 Å². The largest absolute Gasteiger partial charge is 0.326 e. The van der Waals surface area contributed by atoms with Gasteiger partial charge in [0.15, 0.2) is 5.13 Å². The molecule has 1 heterocycles. The lowest BCUT2D eigenvalue weighted by Crippen LogP contribution is -2.12. The number of carbonyl (C=O) groups excluding carboxylic acids is 1. The Morgan fingerprint density at radius 3 is 2.64 bits per heavy atom. The zero-order valence-corrected chi connectivity index (χ0v) is 15.2. The molecule has 0 saturated carbocycles. The van der Waals surface area contributed by atoms with Gasteiger partial charge in [-0.1, -0.05) is 41.7 Å². The van der Waals surface area contributed by atoms with E-state index in [0.717, 1.165) is 16.5 Å². The molecule has 0 fully saturated rings. The van der Waals surface area contributed by atoms with E-state index in [1.165, 1.54) is 11.3 Å². The third-order valence-corrected chi connectivity index (χ3v) is 5.06. The van der Waals surface area contributed by atoms with Crippen molar-refractivity contribution in [3.05, 3.63) is 54.1 Å². The van der Waals surface area contributed by atoms with E-state index < -0.39 is 10.0 Å². The molecule has 0 bridgehead atoms. The van der Waals surface area contributed by atoms with Gasteiger partial charge in [0.2, 0.25) is 15.9 Å². The summed E-state index contributed by atoms with van der Waals surface area (Å²) in [7, 11) is -3.36. The van der Waals surface area contributed by atoms with Gasteiger partial charge in [0, 0.05) is 12.1 Å². The smallest absolute Gasteiger partial charge is 0.231 e. The molecule has 2 aromatic carbocycles. The average Bonchev–Trinajstić information content (AvgIpc) is 2.93. The predicted molar refractivity (Wildman–Crippen MR) is 101 cm³/mol. The van der Waals surface area contributed by atoms with Crippen molar-refractivity contribution in [1.29, 1.82) is 0 Å². The SMILES string of the molecule is CS(=O)(=O)Nc1nc2ccc(NC(=O)CCc3ccccc3)cc2s1. The van der Waals surface area contributed by atoms with E-state index in [1.807, 2.05) is 30.3 Å². The van der Waals surface area contributed by atoms with Crippen LogP contribution < -0.4 is 10.0 Å². The van der Waals surface area contributed by atoms with Crippen LogP contribution in [0, 0.1) is 0 Å². The first-order valence-electron chi connectivity index (χ1n) is 7.61. The third-order valence-electron chi connectivity index (χ3n) is 3.43. The molecule has 0 atom stereocenters. The Bertz CT molecular complexity index is 998. The topological polar surface area (TPSA) is 88.2 Å². The van der Waals surface area contributed by atoms with Crippen LogP contribution in [0.3, 0.4) is 0 Å². The van der Waals surface area contributed by atoms with E-state index in [0.29, 0.717) is 29.2 Å². The average molecular weight is 375 g/mol. The first-order chi connectivity index (χ1) is 11.9. The van der Waals surface area contributed by atoms with Crippen molar-refractivity contribution in [2.24, 2.45) is 0 Å². The minimum Gasteiger partial charge on any atom is -0.326 e. The summed E-state index contributed by atoms with van der Waals surface area (Å²) in [5.74, 6) is -0.0674. The number of thiazole rings is 1. The number of aromatic nitrogens is 1. The molecular weight excluding hydrogens is 358 g/mol. The quantitative estimate of drug-likeness (QED) is 0.692. The number of anilines is 2. The third kappa shape index (κ3) is 5.01. The first-order valence-corrected chi connectivity index (χ1v) is 10.3. The first kappa shape index (κ1) is 17.4. The Balaban J connectivity index is 1.66. The van der Waals surface area contributed by atoms with E-state index in [2.05, 4.69) is 15.0 Å². The van der Waals surface area contributed by atoms with Gasteiger partial charge in [-0.3, -0.25) is 9.52 Å². The number of hydrogen-bond donors (Lipinski definition) is 2. The summed E-state index contributed by atoms with van der Waals surface area (Å²) in [4.78, 5) is 16.3. The van der Waals surface area contributed by atoms with Crippen LogP contribution in [0.25, 0.3) is 10.2 Å². The van der Waals surface area contributed by atoms with E-state index in [1.54, 1.807) is 18.2 Å². The maximum absolute atomic E-state index is 12.1. The zero-order valence-electron chi connectivity index (χ0n) is 13.5. The van der Waals surface area contributed by atoms with Crippen molar-refractivity contribution >= 4 is 48.3 Å². The van der Waals surface area contributed by atoms with E-state index in [4.69, 9.17) is 0 Å². The van der Waals surface area contributed by atoms with Gasteiger partial charge in [-0.05, 0) is 30.2 Å². The van der Waals surface area contributed by atoms with E-state index >= 15 is 0 Å². The molecule has 130 valence electrons. The molecule has 3 aromatic rings. The van der Waals surface area contributed by atoms with Crippen molar-refractivity contribution in [1.82, 2.24) is 4.98 Å². The summed E-state index contributed by atoms with van der Waals surface area (Å²) in [6, 6.07) is 15.1. The van der Waals surface area contributed by atoms with Crippen molar-refractivity contribution < 1.29 is 13.2 Å². The molecule has 2 N–H and O–H groups in total. The van der Waals surface area contributed by atoms with Gasteiger partial charge in [-0.25, -0.2) is 13.4 Å². The van der Waals surface area contributed by atoms with E-state index in [-0.39, 0.29) is 5.91 Å². The maximum Gasteiger partial charge on any atom is 0.231 e. The molecule has 0 saturated heterocycles. The highest BCUT2D eigenvalue weighted by Gasteiger charge is 2.10. The molecule has 0 aliphatic rings. The number of sulfonamides is 1. The number of aryl methyl sites for hydroxylation is 1. The standard InChI is InChI=1S/C17H17N3O3S2/c1-25(22,23)20-17-19-14-9-8-13(11-15(14)24-17)18-16(21)10-7-12-5-3-2-4-6-12/h2-6,8-9,11H,7,10H2,1H3,(H,18,21)(H,19,20). The summed E-state index contributed by atoms with van der Waals surface area (Å²) in [6.07, 6.45) is 2.15. The van der Waals surface area contributed by atoms with Crippen LogP contribution in [0.15, 0.2) is 48.5 Å². The Morgan fingerprint density at radius 1 is 1.16 bits per heavy atom. The van der Waals surface area contributed by atoms with Gasteiger partial charge < -0.3 is 5.32 Å². The highest BCUT2D eigenvalue weighted by Crippen LogP contribution is 2.28. The molecule has 1 amide bonds. The minimum absolute atomic E-state index is 0.0674. The fraction of sp³-hybridized carbons (Fsp3) is 0.176. The molecule has 0 aliphatic carbocycles. The number of carbonyl (C=O) groups is 1. The van der Waals surface area contributed by atoms with Crippen molar-refractivity contribution in [2.75, 3.05) is 16.3 Å². The van der Waals surface area contributed by atoms with Gasteiger partial charge in [0.05, 0.1) is 16.5 Å². The number of nitrogens with zero attached hydrogens (tertiary/aromatic N) is 1. The van der Waals surface area contributed by atoms with Crippen molar-refractivity contribution in [2.45, 2.75) is 12.8 Å². The number of fused-ring (bicyclic) bond motifs is 1. The Hall–Kier alpha value is -2.45. The summed E-state index contributed by atoms with van der Waals surface area (Å²) in [5, 5.41) is 3.17. The van der Waals surface area contributed by atoms with Gasteiger partial charge in [0.1, 0.15) is 0 Å². The summed E-state index contributed by atoms with van der Waals surface area (Å²) in [5.41, 5.74) is 2.46. The van der Waals surface area contributed by atoms with Crippen LogP contribution in [-0.2, 0) is 21.2 Å². The lowest BCUT2D eigenvalue weighted by Gasteiger charge is -2.05. The number of hydrogen-bond acceptors (Lipinski definition) is 5. The number of rotatable bonds is 6. The molecule has 3 rings (SSSR count). The van der Waals surface area contributed by atoms with Crippen LogP contribution in [-0.4, -0.2) is 25.6 Å². The van der Waals surface area contributed by atoms with Gasteiger partial charge in [-0.2, -0.15) is 0 Å². The highest BCUT2D eigenvalue weighted by molar-refractivity contribution is 7.92. The summed E-state index contributed by atoms with van der Waals surface area (Å²) < 4.78 is 25.7. The van der Waals surface area contributed by atoms with Crippen LogP contribution >= 0.6 is 11.3 Å². The monoisotopic (exact) mass is 375 g/mol. The zero-order chi connectivity index (χ0) is 17.9. The van der Waals surface area contributed by atoms with Crippen LogP contribution in [0.5, 0.6) is 0 Å². The molecule has 1 aromatic heterocycles. The van der Waals surface area contributed by atoms with Crippen molar-refractivity contribution in [3.8, 4) is 0 Å². The number of nitrogens with one attached hydrogen (secondary N) is 2. The van der Waals surface area contributed by atoms with Crippen molar-refractivity contribution in [3.63, 3.8) is 0 Å². The van der Waals surface area contributed by atoms with Gasteiger partial charge >= 0.3 is 0 Å². The lowest BCUT2D eigenvalue weighted by molar-refractivity contribution is -0.116. The Labute approximate surface area is 150 Å². The Kier molecular flexibility index (Phi) is 5.00. The molecule has 0 aliphatic heterocycles. The van der Waals surface area contributed by atoms with Crippen LogP contribution in [0.4, 0.5) is 10.8 Å². The fourth-order valence-corrected chi connectivity index (χ4v) is 4.07. The molecule has 0 spiro atoms. The predicted octanol–water partition coefficient (Wildman–Crippen LogP) is 3.24. The minimum atomic E-state index is -3.36. The molecular formula is C17H17N3O3S2. The Morgan fingerprint density at radius 2 is 1.92 bits per heavy atom. The molecule has 0 unspecified atom stereocenters. The second-order valence-corrected chi connectivity index (χ2v) is 8.39.